The third-order valence-corrected chi connectivity index (χ3v) is 5.17. The van der Waals surface area contributed by atoms with E-state index in [1.165, 1.54) is 49.5 Å². The van der Waals surface area contributed by atoms with Gasteiger partial charge in [0.25, 0.3) is 10.0 Å². The number of nitrogens with zero attached hydrogens (tertiary/aromatic N) is 1. The van der Waals surface area contributed by atoms with Gasteiger partial charge in [-0.15, -0.1) is 0 Å². The van der Waals surface area contributed by atoms with Crippen LogP contribution in [0.3, 0.4) is 0 Å². The third-order valence-electron chi connectivity index (χ3n) is 2.68. The van der Waals surface area contributed by atoms with Gasteiger partial charge in [-0.3, -0.25) is 4.31 Å². The van der Waals surface area contributed by atoms with Gasteiger partial charge >= 0.3 is 0 Å². The van der Waals surface area contributed by atoms with E-state index in [9.17, 15) is 8.42 Å². The Hall–Kier alpha value is -0.940. The molecule has 2 rings (SSSR count). The molecular weight excluding hydrogens is 341 g/mol. The third kappa shape index (κ3) is 3.20. The Kier molecular flexibility index (Phi) is 4.49. The lowest BCUT2D eigenvalue weighted by atomic mass is 10.3. The predicted octanol–water partition coefficient (Wildman–Crippen LogP) is 4.47. The second-order valence-corrected chi connectivity index (χ2v) is 7.33. The van der Waals surface area contributed by atoms with Gasteiger partial charge in [0.05, 0.1) is 10.6 Å². The molecular formula is C13H10Cl3NO2S. The van der Waals surface area contributed by atoms with Crippen molar-refractivity contribution in [2.75, 3.05) is 11.4 Å². The van der Waals surface area contributed by atoms with Gasteiger partial charge in [0.1, 0.15) is 0 Å². The quantitative estimate of drug-likeness (QED) is 0.819. The van der Waals surface area contributed by atoms with Gasteiger partial charge in [0, 0.05) is 22.1 Å². The van der Waals surface area contributed by atoms with Gasteiger partial charge in [0.2, 0.25) is 0 Å². The number of halogens is 3. The molecule has 0 aliphatic heterocycles. The minimum atomic E-state index is -3.68. The minimum Gasteiger partial charge on any atom is -0.269 e. The van der Waals surface area contributed by atoms with E-state index in [4.69, 9.17) is 34.8 Å². The molecule has 0 N–H and O–H groups in total. The van der Waals surface area contributed by atoms with Crippen molar-refractivity contribution < 1.29 is 8.42 Å². The van der Waals surface area contributed by atoms with E-state index in [2.05, 4.69) is 0 Å². The maximum atomic E-state index is 12.5. The van der Waals surface area contributed by atoms with Crippen LogP contribution in [0.25, 0.3) is 0 Å². The summed E-state index contributed by atoms with van der Waals surface area (Å²) >= 11 is 17.5. The lowest BCUT2D eigenvalue weighted by molar-refractivity contribution is 0.594. The molecule has 0 saturated carbocycles. The van der Waals surface area contributed by atoms with Crippen molar-refractivity contribution in [1.29, 1.82) is 0 Å². The summed E-state index contributed by atoms with van der Waals surface area (Å²) in [4.78, 5) is 0.139. The summed E-state index contributed by atoms with van der Waals surface area (Å²) in [5, 5.41) is 1.20. The first-order valence-corrected chi connectivity index (χ1v) is 8.09. The summed E-state index contributed by atoms with van der Waals surface area (Å²) in [6.45, 7) is 0. The molecule has 0 radical (unpaired) electrons. The molecule has 0 spiro atoms. The SMILES string of the molecule is CN(c1cc(Cl)cc(Cl)c1)S(=O)(=O)c1ccc(Cl)cc1. The average Bonchev–Trinajstić information content (AvgIpc) is 2.37. The minimum absolute atomic E-state index is 0.139. The Labute approximate surface area is 132 Å². The van der Waals surface area contributed by atoms with Crippen LogP contribution in [0.15, 0.2) is 47.4 Å². The van der Waals surface area contributed by atoms with Crippen molar-refractivity contribution in [3.05, 3.63) is 57.5 Å². The lowest BCUT2D eigenvalue weighted by Crippen LogP contribution is -2.26. The summed E-state index contributed by atoms with van der Waals surface area (Å²) in [6.07, 6.45) is 0. The molecule has 0 aliphatic carbocycles. The van der Waals surface area contributed by atoms with E-state index in [-0.39, 0.29) is 4.90 Å². The number of hydrogen-bond donors (Lipinski definition) is 0. The molecule has 0 unspecified atom stereocenters. The van der Waals surface area contributed by atoms with Gasteiger partial charge in [-0.1, -0.05) is 34.8 Å². The highest BCUT2D eigenvalue weighted by Crippen LogP contribution is 2.28. The average molecular weight is 351 g/mol. The largest absolute Gasteiger partial charge is 0.269 e. The highest BCUT2D eigenvalue weighted by Gasteiger charge is 2.21. The normalized spacial score (nSPS) is 11.4. The Bertz CT molecular complexity index is 710. The van der Waals surface area contributed by atoms with Crippen molar-refractivity contribution in [3.63, 3.8) is 0 Å². The molecule has 0 aliphatic rings. The molecule has 0 heterocycles. The topological polar surface area (TPSA) is 37.4 Å². The molecule has 2 aromatic rings. The number of anilines is 1. The number of hydrogen-bond acceptors (Lipinski definition) is 2. The van der Waals surface area contributed by atoms with Crippen LogP contribution < -0.4 is 4.31 Å². The van der Waals surface area contributed by atoms with E-state index in [1.807, 2.05) is 0 Å². The maximum Gasteiger partial charge on any atom is 0.264 e. The number of rotatable bonds is 3. The Morgan fingerprint density at radius 3 is 1.85 bits per heavy atom. The van der Waals surface area contributed by atoms with E-state index in [1.54, 1.807) is 0 Å². The van der Waals surface area contributed by atoms with Gasteiger partial charge in [-0.25, -0.2) is 8.42 Å². The summed E-state index contributed by atoms with van der Waals surface area (Å²) in [7, 11) is -2.25. The first-order chi connectivity index (χ1) is 9.30. The second kappa shape index (κ2) is 5.82. The number of benzene rings is 2. The van der Waals surface area contributed by atoms with Crippen LogP contribution in [0.2, 0.25) is 15.1 Å². The Morgan fingerprint density at radius 2 is 1.35 bits per heavy atom. The summed E-state index contributed by atoms with van der Waals surface area (Å²) < 4.78 is 26.0. The van der Waals surface area contributed by atoms with Crippen molar-refractivity contribution in [1.82, 2.24) is 0 Å². The molecule has 0 amide bonds. The predicted molar refractivity (Wildman–Crippen MR) is 83.5 cm³/mol. The Morgan fingerprint density at radius 1 is 0.850 bits per heavy atom. The van der Waals surface area contributed by atoms with Crippen LogP contribution in [-0.2, 0) is 10.0 Å². The molecule has 106 valence electrons. The molecule has 0 aromatic heterocycles. The van der Waals surface area contributed by atoms with Crippen LogP contribution in [-0.4, -0.2) is 15.5 Å². The van der Waals surface area contributed by atoms with Gasteiger partial charge in [0.15, 0.2) is 0 Å². The van der Waals surface area contributed by atoms with Crippen LogP contribution in [0.4, 0.5) is 5.69 Å². The zero-order valence-corrected chi connectivity index (χ0v) is 13.4. The van der Waals surface area contributed by atoms with E-state index in [0.717, 1.165) is 4.31 Å². The van der Waals surface area contributed by atoms with Crippen LogP contribution in [0, 0.1) is 0 Å². The van der Waals surface area contributed by atoms with Crippen LogP contribution >= 0.6 is 34.8 Å². The summed E-state index contributed by atoms with van der Waals surface area (Å²) in [5.41, 5.74) is 0.387. The smallest absolute Gasteiger partial charge is 0.264 e. The van der Waals surface area contributed by atoms with Crippen molar-refractivity contribution in [3.8, 4) is 0 Å². The standard InChI is InChI=1S/C13H10Cl3NO2S/c1-17(12-7-10(15)6-11(16)8-12)20(18,19)13-4-2-9(14)3-5-13/h2-8H,1H3. The van der Waals surface area contributed by atoms with Gasteiger partial charge in [-0.05, 0) is 42.5 Å². The maximum absolute atomic E-state index is 12.5. The summed E-state index contributed by atoms with van der Waals surface area (Å²) in [6, 6.07) is 10.5. The molecule has 2 aromatic carbocycles. The zero-order valence-electron chi connectivity index (χ0n) is 10.3. The van der Waals surface area contributed by atoms with E-state index < -0.39 is 10.0 Å². The van der Waals surface area contributed by atoms with Crippen LogP contribution in [0.5, 0.6) is 0 Å². The molecule has 3 nitrogen and oxygen atoms in total. The molecule has 0 bridgehead atoms. The summed E-state index contributed by atoms with van der Waals surface area (Å²) in [5.74, 6) is 0. The molecule has 0 fully saturated rings. The van der Waals surface area contributed by atoms with Gasteiger partial charge in [-0.2, -0.15) is 0 Å². The molecule has 7 heteroatoms. The van der Waals surface area contributed by atoms with Crippen molar-refractivity contribution in [2.45, 2.75) is 4.90 Å². The fourth-order valence-corrected chi connectivity index (χ4v) is 3.44. The highest BCUT2D eigenvalue weighted by atomic mass is 35.5. The fraction of sp³-hybridized carbons (Fsp3) is 0.0769. The van der Waals surface area contributed by atoms with Crippen LogP contribution in [0.1, 0.15) is 0 Å². The van der Waals surface area contributed by atoms with Crippen molar-refractivity contribution in [2.24, 2.45) is 0 Å². The lowest BCUT2D eigenvalue weighted by Gasteiger charge is -2.20. The highest BCUT2D eigenvalue weighted by molar-refractivity contribution is 7.92. The fourth-order valence-electron chi connectivity index (χ4n) is 1.62. The monoisotopic (exact) mass is 349 g/mol. The van der Waals surface area contributed by atoms with E-state index in [0.29, 0.717) is 20.8 Å². The first kappa shape index (κ1) is 15.4. The molecule has 0 atom stereocenters. The molecule has 20 heavy (non-hydrogen) atoms. The first-order valence-electron chi connectivity index (χ1n) is 5.51. The van der Waals surface area contributed by atoms with Crippen molar-refractivity contribution >= 4 is 50.5 Å². The zero-order chi connectivity index (χ0) is 14.9. The Balaban J connectivity index is 2.45. The van der Waals surface area contributed by atoms with E-state index >= 15 is 0 Å². The number of sulfonamides is 1. The van der Waals surface area contributed by atoms with Gasteiger partial charge < -0.3 is 0 Å². The second-order valence-electron chi connectivity index (χ2n) is 4.05. The molecule has 0 saturated heterocycles.